The van der Waals surface area contributed by atoms with Crippen LogP contribution >= 0.6 is 11.6 Å². The molecule has 0 fully saturated rings. The topological polar surface area (TPSA) is 83.8 Å². The second-order valence-electron chi connectivity index (χ2n) is 4.08. The van der Waals surface area contributed by atoms with Crippen LogP contribution in [-0.2, 0) is 0 Å². The van der Waals surface area contributed by atoms with Gasteiger partial charge in [-0.25, -0.2) is 9.48 Å². The number of nitrogens with one attached hydrogen (secondary N) is 1. The second-order valence-corrected chi connectivity index (χ2v) is 4.47. The van der Waals surface area contributed by atoms with Gasteiger partial charge in [-0.1, -0.05) is 23.7 Å². The van der Waals surface area contributed by atoms with Gasteiger partial charge in [-0.2, -0.15) is 10.2 Å². The molecule has 0 aliphatic heterocycles. The quantitative estimate of drug-likeness (QED) is 0.776. The highest BCUT2D eigenvalue weighted by molar-refractivity contribution is 6.29. The Morgan fingerprint density at radius 1 is 1.25 bits per heavy atom. The SMILES string of the molecule is O=C(O)c1cc(-c2ccc(-n3nccc3Cl)cc2)n[nH]1. The Kier molecular flexibility index (Phi) is 3.00. The maximum atomic E-state index is 10.8. The van der Waals surface area contributed by atoms with E-state index in [-0.39, 0.29) is 5.69 Å². The molecule has 1 aromatic carbocycles. The molecule has 0 aliphatic rings. The number of hydrogen-bond acceptors (Lipinski definition) is 3. The molecule has 0 saturated heterocycles. The monoisotopic (exact) mass is 288 g/mol. The molecule has 3 rings (SSSR count). The van der Waals surface area contributed by atoms with Gasteiger partial charge >= 0.3 is 5.97 Å². The van der Waals surface area contributed by atoms with Crippen LogP contribution in [0.5, 0.6) is 0 Å². The minimum absolute atomic E-state index is 0.0548. The van der Waals surface area contributed by atoms with E-state index >= 15 is 0 Å². The molecule has 0 aliphatic carbocycles. The first-order valence-electron chi connectivity index (χ1n) is 5.74. The molecular formula is C13H9ClN4O2. The molecule has 2 aromatic heterocycles. The lowest BCUT2D eigenvalue weighted by molar-refractivity contribution is 0.0690. The van der Waals surface area contributed by atoms with E-state index in [9.17, 15) is 4.79 Å². The lowest BCUT2D eigenvalue weighted by Crippen LogP contribution is -1.95. The largest absolute Gasteiger partial charge is 0.477 e. The van der Waals surface area contributed by atoms with Crippen LogP contribution in [0, 0.1) is 0 Å². The van der Waals surface area contributed by atoms with Gasteiger partial charge in [-0.15, -0.1) is 0 Å². The fourth-order valence-electron chi connectivity index (χ4n) is 1.83. The molecule has 100 valence electrons. The summed E-state index contributed by atoms with van der Waals surface area (Å²) < 4.78 is 1.60. The van der Waals surface area contributed by atoms with Crippen molar-refractivity contribution in [3.63, 3.8) is 0 Å². The molecule has 0 amide bonds. The summed E-state index contributed by atoms with van der Waals surface area (Å²) in [5.74, 6) is -1.04. The molecule has 0 spiro atoms. The molecule has 7 heteroatoms. The van der Waals surface area contributed by atoms with Crippen molar-refractivity contribution in [3.05, 3.63) is 53.4 Å². The molecule has 0 radical (unpaired) electrons. The Balaban J connectivity index is 1.93. The summed E-state index contributed by atoms with van der Waals surface area (Å²) in [5, 5.41) is 19.9. The highest BCUT2D eigenvalue weighted by Gasteiger charge is 2.09. The third kappa shape index (κ3) is 2.17. The molecule has 0 atom stereocenters. The maximum absolute atomic E-state index is 10.8. The fraction of sp³-hybridized carbons (Fsp3) is 0. The van der Waals surface area contributed by atoms with Crippen LogP contribution in [0.3, 0.4) is 0 Å². The third-order valence-electron chi connectivity index (χ3n) is 2.81. The van der Waals surface area contributed by atoms with Crippen LogP contribution < -0.4 is 0 Å². The molecule has 2 N–H and O–H groups in total. The number of hydrogen-bond donors (Lipinski definition) is 2. The highest BCUT2D eigenvalue weighted by Crippen LogP contribution is 2.21. The zero-order chi connectivity index (χ0) is 14.1. The summed E-state index contributed by atoms with van der Waals surface area (Å²) in [6.07, 6.45) is 1.61. The standard InChI is InChI=1S/C13H9ClN4O2/c14-12-5-6-15-18(12)9-3-1-8(2-4-9)10-7-11(13(19)20)17-16-10/h1-7H,(H,16,17)(H,19,20). The van der Waals surface area contributed by atoms with Crippen molar-refractivity contribution in [3.8, 4) is 16.9 Å². The van der Waals surface area contributed by atoms with Crippen LogP contribution in [0.4, 0.5) is 0 Å². The zero-order valence-corrected chi connectivity index (χ0v) is 10.9. The Hall–Kier alpha value is -2.60. The third-order valence-corrected chi connectivity index (χ3v) is 3.10. The van der Waals surface area contributed by atoms with Crippen LogP contribution in [0.25, 0.3) is 16.9 Å². The first-order chi connectivity index (χ1) is 9.65. The molecule has 6 nitrogen and oxygen atoms in total. The molecule has 20 heavy (non-hydrogen) atoms. The summed E-state index contributed by atoms with van der Waals surface area (Å²) in [6, 6.07) is 10.5. The van der Waals surface area contributed by atoms with E-state index in [1.165, 1.54) is 6.07 Å². The van der Waals surface area contributed by atoms with Gasteiger partial charge in [0.15, 0.2) is 0 Å². The maximum Gasteiger partial charge on any atom is 0.353 e. The number of carbonyl (C=O) groups is 1. The number of halogens is 1. The van der Waals surface area contributed by atoms with Gasteiger partial charge < -0.3 is 5.11 Å². The summed E-state index contributed by atoms with van der Waals surface area (Å²) >= 11 is 5.99. The van der Waals surface area contributed by atoms with Gasteiger partial charge in [0, 0.05) is 5.56 Å². The number of rotatable bonds is 3. The van der Waals surface area contributed by atoms with Crippen LogP contribution in [0.2, 0.25) is 5.15 Å². The average molecular weight is 289 g/mol. The summed E-state index contributed by atoms with van der Waals surface area (Å²) in [6.45, 7) is 0. The molecule has 0 bridgehead atoms. The van der Waals surface area contributed by atoms with E-state index in [1.54, 1.807) is 16.9 Å². The summed E-state index contributed by atoms with van der Waals surface area (Å²) in [5.41, 5.74) is 2.25. The number of aromatic nitrogens is 4. The molecular weight excluding hydrogens is 280 g/mol. The minimum atomic E-state index is -1.04. The van der Waals surface area contributed by atoms with E-state index in [2.05, 4.69) is 15.3 Å². The lowest BCUT2D eigenvalue weighted by Gasteiger charge is -2.03. The summed E-state index contributed by atoms with van der Waals surface area (Å²) in [7, 11) is 0. The highest BCUT2D eigenvalue weighted by atomic mass is 35.5. The number of nitrogens with zero attached hydrogens (tertiary/aromatic N) is 3. The number of aromatic carboxylic acids is 1. The van der Waals surface area contributed by atoms with E-state index < -0.39 is 5.97 Å². The lowest BCUT2D eigenvalue weighted by atomic mass is 10.1. The Bertz CT molecular complexity index is 761. The van der Waals surface area contributed by atoms with Crippen molar-refractivity contribution in [2.24, 2.45) is 0 Å². The summed E-state index contributed by atoms with van der Waals surface area (Å²) in [4.78, 5) is 10.8. The fourth-order valence-corrected chi connectivity index (χ4v) is 2.03. The average Bonchev–Trinajstić information content (AvgIpc) is 3.07. The van der Waals surface area contributed by atoms with Gasteiger partial charge in [-0.05, 0) is 24.3 Å². The van der Waals surface area contributed by atoms with Crippen molar-refractivity contribution >= 4 is 17.6 Å². The predicted octanol–water partition coefficient (Wildman–Crippen LogP) is 2.61. The van der Waals surface area contributed by atoms with Crippen molar-refractivity contribution in [1.82, 2.24) is 20.0 Å². The molecule has 0 saturated carbocycles. The van der Waals surface area contributed by atoms with Crippen molar-refractivity contribution in [2.45, 2.75) is 0 Å². The first kappa shape index (κ1) is 12.4. The van der Waals surface area contributed by atoms with E-state index in [0.29, 0.717) is 10.8 Å². The van der Waals surface area contributed by atoms with Gasteiger partial charge in [0.1, 0.15) is 10.8 Å². The Morgan fingerprint density at radius 3 is 2.55 bits per heavy atom. The minimum Gasteiger partial charge on any atom is -0.477 e. The van der Waals surface area contributed by atoms with Crippen LogP contribution in [0.1, 0.15) is 10.5 Å². The molecule has 3 aromatic rings. The van der Waals surface area contributed by atoms with Crippen molar-refractivity contribution < 1.29 is 9.90 Å². The molecule has 0 unspecified atom stereocenters. The first-order valence-corrected chi connectivity index (χ1v) is 6.12. The van der Waals surface area contributed by atoms with Gasteiger partial charge in [0.2, 0.25) is 0 Å². The molecule has 2 heterocycles. The van der Waals surface area contributed by atoms with E-state index in [4.69, 9.17) is 16.7 Å². The smallest absolute Gasteiger partial charge is 0.353 e. The van der Waals surface area contributed by atoms with Crippen LogP contribution in [-0.4, -0.2) is 31.1 Å². The predicted molar refractivity (Wildman–Crippen MR) is 73.1 cm³/mol. The number of carboxylic acid groups (broad SMARTS) is 1. The Morgan fingerprint density at radius 2 is 2.00 bits per heavy atom. The van der Waals surface area contributed by atoms with Gasteiger partial charge in [0.25, 0.3) is 0 Å². The number of benzene rings is 1. The van der Waals surface area contributed by atoms with E-state index in [0.717, 1.165) is 11.3 Å². The second kappa shape index (κ2) is 4.82. The Labute approximate surface area is 118 Å². The van der Waals surface area contributed by atoms with Gasteiger partial charge in [0.05, 0.1) is 17.6 Å². The van der Waals surface area contributed by atoms with Crippen LogP contribution in [0.15, 0.2) is 42.6 Å². The van der Waals surface area contributed by atoms with Gasteiger partial charge in [-0.3, -0.25) is 5.10 Å². The van der Waals surface area contributed by atoms with Crippen molar-refractivity contribution in [1.29, 1.82) is 0 Å². The zero-order valence-electron chi connectivity index (χ0n) is 10.1. The van der Waals surface area contributed by atoms with E-state index in [1.807, 2.05) is 24.3 Å². The number of carboxylic acids is 1. The number of H-pyrrole nitrogens is 1. The normalized spacial score (nSPS) is 10.7. The van der Waals surface area contributed by atoms with Crippen molar-refractivity contribution in [2.75, 3.05) is 0 Å². The number of aromatic amines is 1.